The van der Waals surface area contributed by atoms with E-state index in [2.05, 4.69) is 10.1 Å². The maximum absolute atomic E-state index is 11.4. The van der Waals surface area contributed by atoms with Crippen LogP contribution in [0.1, 0.15) is 27.9 Å². The number of esters is 1. The molecule has 0 radical (unpaired) electrons. The zero-order valence-electron chi connectivity index (χ0n) is 9.64. The summed E-state index contributed by atoms with van der Waals surface area (Å²) in [4.78, 5) is 11.4. The standard InChI is InChI=1S/C11H15NO5/c1-5-6(11(15)16-2)3-8(17-5)9-10(14)7(13)4-12-9/h3,7,9-10,12-14H,4H2,1-2H3. The summed E-state index contributed by atoms with van der Waals surface area (Å²) in [7, 11) is 1.29. The Morgan fingerprint density at radius 1 is 1.59 bits per heavy atom. The Morgan fingerprint density at radius 2 is 2.29 bits per heavy atom. The third-order valence-corrected chi connectivity index (χ3v) is 2.93. The first-order valence-electron chi connectivity index (χ1n) is 5.32. The molecule has 1 aliphatic rings. The van der Waals surface area contributed by atoms with Gasteiger partial charge in [0.15, 0.2) is 0 Å². The molecule has 6 nitrogen and oxygen atoms in total. The topological polar surface area (TPSA) is 91.9 Å². The molecule has 0 aliphatic carbocycles. The van der Waals surface area contributed by atoms with Gasteiger partial charge in [0, 0.05) is 6.54 Å². The van der Waals surface area contributed by atoms with Gasteiger partial charge in [-0.3, -0.25) is 0 Å². The predicted molar refractivity (Wildman–Crippen MR) is 57.5 cm³/mol. The van der Waals surface area contributed by atoms with E-state index in [1.165, 1.54) is 13.2 Å². The Hall–Kier alpha value is -1.37. The summed E-state index contributed by atoms with van der Waals surface area (Å²) in [6, 6.07) is 1.03. The fourth-order valence-corrected chi connectivity index (χ4v) is 1.95. The molecule has 6 heteroatoms. The second kappa shape index (κ2) is 4.48. The molecule has 1 aliphatic heterocycles. The second-order valence-electron chi connectivity index (χ2n) is 4.05. The van der Waals surface area contributed by atoms with Gasteiger partial charge in [0.05, 0.1) is 19.3 Å². The zero-order valence-corrected chi connectivity index (χ0v) is 9.64. The number of β-amino-alcohol motifs (C(OH)–C–C–N with tert-alkyl or cyclic N) is 1. The van der Waals surface area contributed by atoms with Gasteiger partial charge in [-0.2, -0.15) is 0 Å². The molecule has 0 bridgehead atoms. The number of carbonyl (C=O) groups is 1. The highest BCUT2D eigenvalue weighted by molar-refractivity contribution is 5.90. The van der Waals surface area contributed by atoms with Crippen molar-refractivity contribution in [2.24, 2.45) is 0 Å². The normalized spacial score (nSPS) is 28.4. The average Bonchev–Trinajstić information content (AvgIpc) is 2.83. The lowest BCUT2D eigenvalue weighted by atomic mass is 10.1. The van der Waals surface area contributed by atoms with Crippen molar-refractivity contribution >= 4 is 5.97 Å². The molecule has 0 aromatic carbocycles. The first-order chi connectivity index (χ1) is 8.04. The highest BCUT2D eigenvalue weighted by Crippen LogP contribution is 2.28. The number of methoxy groups -OCH3 is 1. The number of ether oxygens (including phenoxy) is 1. The molecule has 1 saturated heterocycles. The first-order valence-corrected chi connectivity index (χ1v) is 5.32. The van der Waals surface area contributed by atoms with Crippen LogP contribution in [0.25, 0.3) is 0 Å². The largest absolute Gasteiger partial charge is 0.465 e. The van der Waals surface area contributed by atoms with E-state index >= 15 is 0 Å². The maximum Gasteiger partial charge on any atom is 0.341 e. The minimum Gasteiger partial charge on any atom is -0.465 e. The third-order valence-electron chi connectivity index (χ3n) is 2.93. The summed E-state index contributed by atoms with van der Waals surface area (Å²) in [6.07, 6.45) is -1.77. The number of aliphatic hydroxyl groups is 2. The number of rotatable bonds is 2. The number of carbonyl (C=O) groups excluding carboxylic acids is 1. The fraction of sp³-hybridized carbons (Fsp3) is 0.545. The smallest absolute Gasteiger partial charge is 0.341 e. The predicted octanol–water partition coefficient (Wildman–Crippen LogP) is -0.259. The molecule has 3 unspecified atom stereocenters. The highest BCUT2D eigenvalue weighted by atomic mass is 16.5. The fourth-order valence-electron chi connectivity index (χ4n) is 1.95. The van der Waals surface area contributed by atoms with Crippen LogP contribution in [0.5, 0.6) is 0 Å². The number of aliphatic hydroxyl groups excluding tert-OH is 2. The molecule has 1 fully saturated rings. The number of hydrogen-bond donors (Lipinski definition) is 3. The van der Waals surface area contributed by atoms with Crippen molar-refractivity contribution in [2.75, 3.05) is 13.7 Å². The Bertz CT molecular complexity index is 427. The second-order valence-corrected chi connectivity index (χ2v) is 4.05. The van der Waals surface area contributed by atoms with Crippen LogP contribution in [0.3, 0.4) is 0 Å². The Labute approximate surface area is 98.2 Å². The molecule has 94 valence electrons. The van der Waals surface area contributed by atoms with Gasteiger partial charge >= 0.3 is 5.97 Å². The van der Waals surface area contributed by atoms with Gasteiger partial charge < -0.3 is 24.7 Å². The number of furan rings is 1. The van der Waals surface area contributed by atoms with E-state index in [-0.39, 0.29) is 0 Å². The highest BCUT2D eigenvalue weighted by Gasteiger charge is 2.36. The molecular weight excluding hydrogens is 226 g/mol. The van der Waals surface area contributed by atoms with E-state index in [0.29, 0.717) is 23.6 Å². The average molecular weight is 241 g/mol. The van der Waals surface area contributed by atoms with Crippen molar-refractivity contribution in [3.63, 3.8) is 0 Å². The zero-order chi connectivity index (χ0) is 12.6. The molecule has 1 aromatic rings. The molecule has 2 heterocycles. The van der Waals surface area contributed by atoms with Gasteiger partial charge in [-0.15, -0.1) is 0 Å². The lowest BCUT2D eigenvalue weighted by molar-refractivity contribution is 0.0368. The molecular formula is C11H15NO5. The summed E-state index contributed by atoms with van der Waals surface area (Å²) in [6.45, 7) is 1.94. The summed E-state index contributed by atoms with van der Waals surface area (Å²) in [5.74, 6) is 0.375. The van der Waals surface area contributed by atoms with E-state index in [1.807, 2.05) is 0 Å². The minimum absolute atomic E-state index is 0.291. The van der Waals surface area contributed by atoms with Crippen LogP contribution in [0.2, 0.25) is 0 Å². The van der Waals surface area contributed by atoms with Crippen molar-refractivity contribution in [3.8, 4) is 0 Å². The van der Waals surface area contributed by atoms with Gasteiger partial charge in [0.25, 0.3) is 0 Å². The van der Waals surface area contributed by atoms with E-state index in [4.69, 9.17) is 4.42 Å². The monoisotopic (exact) mass is 241 g/mol. The molecule has 0 spiro atoms. The summed E-state index contributed by atoms with van der Waals surface area (Å²) >= 11 is 0. The first kappa shape index (κ1) is 12.1. The van der Waals surface area contributed by atoms with Crippen LogP contribution in [-0.2, 0) is 4.74 Å². The van der Waals surface area contributed by atoms with Crippen molar-refractivity contribution in [3.05, 3.63) is 23.2 Å². The van der Waals surface area contributed by atoms with Gasteiger partial charge in [-0.05, 0) is 13.0 Å². The molecule has 1 aromatic heterocycles. The number of nitrogens with one attached hydrogen (secondary N) is 1. The summed E-state index contributed by atoms with van der Waals surface area (Å²) in [5, 5.41) is 22.1. The molecule has 0 amide bonds. The van der Waals surface area contributed by atoms with Crippen LogP contribution in [0.4, 0.5) is 0 Å². The molecule has 17 heavy (non-hydrogen) atoms. The van der Waals surface area contributed by atoms with Crippen LogP contribution >= 0.6 is 0 Å². The van der Waals surface area contributed by atoms with Crippen molar-refractivity contribution in [1.29, 1.82) is 0 Å². The van der Waals surface area contributed by atoms with Gasteiger partial charge in [0.1, 0.15) is 23.2 Å². The van der Waals surface area contributed by atoms with Gasteiger partial charge in [0.2, 0.25) is 0 Å². The van der Waals surface area contributed by atoms with Crippen molar-refractivity contribution in [1.82, 2.24) is 5.32 Å². The van der Waals surface area contributed by atoms with Crippen molar-refractivity contribution in [2.45, 2.75) is 25.2 Å². The van der Waals surface area contributed by atoms with E-state index in [0.717, 1.165) is 0 Å². The quantitative estimate of drug-likeness (QED) is 0.618. The van der Waals surface area contributed by atoms with Gasteiger partial charge in [-0.1, -0.05) is 0 Å². The molecule has 3 atom stereocenters. The van der Waals surface area contributed by atoms with E-state index < -0.39 is 24.2 Å². The van der Waals surface area contributed by atoms with Crippen LogP contribution in [0.15, 0.2) is 10.5 Å². The SMILES string of the molecule is COC(=O)c1cc(C2NCC(O)C2O)oc1C. The summed E-state index contributed by atoms with van der Waals surface area (Å²) < 4.78 is 10.0. The van der Waals surface area contributed by atoms with E-state index in [1.54, 1.807) is 6.92 Å². The van der Waals surface area contributed by atoms with Crippen LogP contribution in [0, 0.1) is 6.92 Å². The molecule has 0 saturated carbocycles. The van der Waals surface area contributed by atoms with Crippen LogP contribution in [-0.4, -0.2) is 42.0 Å². The maximum atomic E-state index is 11.4. The Morgan fingerprint density at radius 3 is 2.82 bits per heavy atom. The van der Waals surface area contributed by atoms with Crippen molar-refractivity contribution < 1.29 is 24.2 Å². The Kier molecular flexibility index (Phi) is 3.19. The van der Waals surface area contributed by atoms with Crippen LogP contribution < -0.4 is 5.32 Å². The van der Waals surface area contributed by atoms with Gasteiger partial charge in [-0.25, -0.2) is 4.79 Å². The number of hydrogen-bond acceptors (Lipinski definition) is 6. The lowest BCUT2D eigenvalue weighted by Crippen LogP contribution is -2.25. The van der Waals surface area contributed by atoms with E-state index in [9.17, 15) is 15.0 Å². The molecule has 2 rings (SSSR count). The third kappa shape index (κ3) is 2.06. The Balaban J connectivity index is 2.26. The summed E-state index contributed by atoms with van der Waals surface area (Å²) in [5.41, 5.74) is 0.331. The lowest BCUT2D eigenvalue weighted by Gasteiger charge is -2.12. The molecule has 3 N–H and O–H groups in total. The minimum atomic E-state index is -0.939. The number of aryl methyl sites for hydroxylation is 1.